The predicted octanol–water partition coefficient (Wildman–Crippen LogP) is 3.00. The van der Waals surface area contributed by atoms with Crippen molar-refractivity contribution in [2.45, 2.75) is 13.3 Å². The molecule has 2 amide bonds. The van der Waals surface area contributed by atoms with Crippen LogP contribution in [0.15, 0.2) is 48.5 Å². The van der Waals surface area contributed by atoms with Crippen LogP contribution in [0.3, 0.4) is 0 Å². The number of methoxy groups -OCH3 is 1. The van der Waals surface area contributed by atoms with Gasteiger partial charge < -0.3 is 15.0 Å². The molecule has 0 aliphatic carbocycles. The lowest BCUT2D eigenvalue weighted by Crippen LogP contribution is -2.28. The third-order valence-electron chi connectivity index (χ3n) is 4.27. The molecule has 0 spiro atoms. The van der Waals surface area contributed by atoms with Gasteiger partial charge in [0, 0.05) is 18.7 Å². The van der Waals surface area contributed by atoms with E-state index in [4.69, 9.17) is 4.74 Å². The molecule has 0 saturated carbocycles. The Morgan fingerprint density at radius 1 is 1.17 bits per heavy atom. The van der Waals surface area contributed by atoms with Gasteiger partial charge in [0.15, 0.2) is 0 Å². The molecule has 24 heavy (non-hydrogen) atoms. The van der Waals surface area contributed by atoms with Gasteiger partial charge in [0.1, 0.15) is 5.75 Å². The molecule has 1 saturated heterocycles. The number of carbonyl (C=O) groups excluding carboxylic acids is 2. The topological polar surface area (TPSA) is 58.6 Å². The first-order valence-electron chi connectivity index (χ1n) is 7.90. The summed E-state index contributed by atoms with van der Waals surface area (Å²) >= 11 is 0. The number of para-hydroxylation sites is 3. The van der Waals surface area contributed by atoms with E-state index in [-0.39, 0.29) is 24.2 Å². The highest BCUT2D eigenvalue weighted by atomic mass is 16.5. The molecular formula is C19H20N2O3. The second-order valence-electron chi connectivity index (χ2n) is 5.88. The van der Waals surface area contributed by atoms with Crippen molar-refractivity contribution in [3.8, 4) is 5.75 Å². The molecule has 2 aromatic carbocycles. The van der Waals surface area contributed by atoms with E-state index in [1.165, 1.54) is 0 Å². The molecular weight excluding hydrogens is 304 g/mol. The first-order chi connectivity index (χ1) is 11.6. The van der Waals surface area contributed by atoms with Crippen molar-refractivity contribution in [2.75, 3.05) is 23.9 Å². The molecule has 1 fully saturated rings. The highest BCUT2D eigenvalue weighted by Crippen LogP contribution is 2.33. The highest BCUT2D eigenvalue weighted by molar-refractivity contribution is 6.04. The smallest absolute Gasteiger partial charge is 0.229 e. The number of amides is 2. The van der Waals surface area contributed by atoms with Crippen LogP contribution in [0.1, 0.15) is 12.0 Å². The minimum Gasteiger partial charge on any atom is -0.495 e. The summed E-state index contributed by atoms with van der Waals surface area (Å²) in [5.41, 5.74) is 2.48. The predicted molar refractivity (Wildman–Crippen MR) is 93.3 cm³/mol. The second kappa shape index (κ2) is 6.74. The van der Waals surface area contributed by atoms with Gasteiger partial charge in [-0.3, -0.25) is 9.59 Å². The molecule has 0 radical (unpaired) electrons. The fourth-order valence-corrected chi connectivity index (χ4v) is 2.92. The average molecular weight is 324 g/mol. The van der Waals surface area contributed by atoms with Crippen LogP contribution < -0.4 is 15.0 Å². The molecule has 1 N–H and O–H groups in total. The van der Waals surface area contributed by atoms with E-state index in [0.29, 0.717) is 18.0 Å². The summed E-state index contributed by atoms with van der Waals surface area (Å²) in [7, 11) is 1.57. The number of carbonyl (C=O) groups is 2. The number of nitrogens with one attached hydrogen (secondary N) is 1. The van der Waals surface area contributed by atoms with Crippen LogP contribution in [-0.2, 0) is 9.59 Å². The van der Waals surface area contributed by atoms with E-state index in [1.54, 1.807) is 12.0 Å². The molecule has 1 aliphatic heterocycles. The van der Waals surface area contributed by atoms with Crippen molar-refractivity contribution in [3.63, 3.8) is 0 Å². The van der Waals surface area contributed by atoms with Crippen LogP contribution in [0.5, 0.6) is 5.75 Å². The Morgan fingerprint density at radius 3 is 2.62 bits per heavy atom. The van der Waals surface area contributed by atoms with Gasteiger partial charge in [-0.25, -0.2) is 0 Å². The van der Waals surface area contributed by atoms with Gasteiger partial charge in [0.05, 0.1) is 18.7 Å². The summed E-state index contributed by atoms with van der Waals surface area (Å²) in [5, 5.41) is 2.92. The molecule has 1 heterocycles. The maximum Gasteiger partial charge on any atom is 0.229 e. The lowest BCUT2D eigenvalue weighted by molar-refractivity contribution is -0.122. The van der Waals surface area contributed by atoms with Crippen LogP contribution in [0, 0.1) is 12.8 Å². The molecule has 0 aromatic heterocycles. The molecule has 3 rings (SSSR count). The minimum atomic E-state index is -0.373. The van der Waals surface area contributed by atoms with Crippen LogP contribution in [0.25, 0.3) is 0 Å². The number of ether oxygens (including phenoxy) is 1. The highest BCUT2D eigenvalue weighted by Gasteiger charge is 2.36. The maximum atomic E-state index is 12.5. The average Bonchev–Trinajstić information content (AvgIpc) is 2.98. The Hall–Kier alpha value is -2.82. The molecule has 124 valence electrons. The van der Waals surface area contributed by atoms with Crippen LogP contribution in [-0.4, -0.2) is 25.5 Å². The standard InChI is InChI=1S/C19H20N2O3/c1-13-7-3-4-8-15(13)20-19(23)14-11-18(22)21(12-14)16-9-5-6-10-17(16)24-2/h3-10,14H,11-12H2,1-2H3,(H,20,23)/t14-/m1/s1. The number of hydrogen-bond donors (Lipinski definition) is 1. The lowest BCUT2D eigenvalue weighted by atomic mass is 10.1. The van der Waals surface area contributed by atoms with E-state index in [9.17, 15) is 9.59 Å². The van der Waals surface area contributed by atoms with Crippen LogP contribution >= 0.6 is 0 Å². The van der Waals surface area contributed by atoms with E-state index in [1.807, 2.05) is 55.5 Å². The summed E-state index contributed by atoms with van der Waals surface area (Å²) in [6.45, 7) is 2.30. The van der Waals surface area contributed by atoms with Crippen molar-refractivity contribution < 1.29 is 14.3 Å². The number of hydrogen-bond acceptors (Lipinski definition) is 3. The van der Waals surface area contributed by atoms with E-state index >= 15 is 0 Å². The van der Waals surface area contributed by atoms with E-state index in [0.717, 1.165) is 11.3 Å². The first kappa shape index (κ1) is 16.1. The monoisotopic (exact) mass is 324 g/mol. The van der Waals surface area contributed by atoms with Gasteiger partial charge in [-0.05, 0) is 30.7 Å². The summed E-state index contributed by atoms with van der Waals surface area (Å²) in [6, 6.07) is 15.0. The van der Waals surface area contributed by atoms with Gasteiger partial charge in [0.2, 0.25) is 11.8 Å². The zero-order valence-electron chi connectivity index (χ0n) is 13.8. The summed E-state index contributed by atoms with van der Waals surface area (Å²) in [5.74, 6) is 0.0623. The molecule has 1 aliphatic rings. The number of aryl methyl sites for hydroxylation is 1. The van der Waals surface area contributed by atoms with E-state index < -0.39 is 0 Å². The second-order valence-corrected chi connectivity index (χ2v) is 5.88. The molecule has 5 nitrogen and oxygen atoms in total. The third-order valence-corrected chi connectivity index (χ3v) is 4.27. The van der Waals surface area contributed by atoms with Crippen LogP contribution in [0.4, 0.5) is 11.4 Å². The zero-order valence-corrected chi connectivity index (χ0v) is 13.8. The van der Waals surface area contributed by atoms with E-state index in [2.05, 4.69) is 5.32 Å². The fraction of sp³-hybridized carbons (Fsp3) is 0.263. The number of anilines is 2. The van der Waals surface area contributed by atoms with Gasteiger partial charge in [-0.15, -0.1) is 0 Å². The van der Waals surface area contributed by atoms with Crippen molar-refractivity contribution >= 4 is 23.2 Å². The summed E-state index contributed by atoms with van der Waals surface area (Å²) in [6.07, 6.45) is 0.204. The SMILES string of the molecule is COc1ccccc1N1C[C@H](C(=O)Nc2ccccc2C)CC1=O. The lowest BCUT2D eigenvalue weighted by Gasteiger charge is -2.19. The Labute approximate surface area is 141 Å². The number of nitrogens with zero attached hydrogens (tertiary/aromatic N) is 1. The Bertz CT molecular complexity index is 773. The molecule has 1 atom stereocenters. The largest absolute Gasteiger partial charge is 0.495 e. The molecule has 0 bridgehead atoms. The normalized spacial score (nSPS) is 17.0. The molecule has 5 heteroatoms. The first-order valence-corrected chi connectivity index (χ1v) is 7.90. The van der Waals surface area contributed by atoms with Gasteiger partial charge in [-0.1, -0.05) is 30.3 Å². The van der Waals surface area contributed by atoms with Crippen molar-refractivity contribution in [1.82, 2.24) is 0 Å². The summed E-state index contributed by atoms with van der Waals surface area (Å²) in [4.78, 5) is 26.5. The number of benzene rings is 2. The van der Waals surface area contributed by atoms with Crippen molar-refractivity contribution in [1.29, 1.82) is 0 Å². The zero-order chi connectivity index (χ0) is 17.1. The summed E-state index contributed by atoms with van der Waals surface area (Å²) < 4.78 is 5.32. The maximum absolute atomic E-state index is 12.5. The number of rotatable bonds is 4. The van der Waals surface area contributed by atoms with Crippen molar-refractivity contribution in [2.24, 2.45) is 5.92 Å². The quantitative estimate of drug-likeness (QED) is 0.940. The minimum absolute atomic E-state index is 0.0653. The van der Waals surface area contributed by atoms with Gasteiger partial charge in [-0.2, -0.15) is 0 Å². The molecule has 2 aromatic rings. The van der Waals surface area contributed by atoms with Crippen LogP contribution in [0.2, 0.25) is 0 Å². The fourth-order valence-electron chi connectivity index (χ4n) is 2.92. The third kappa shape index (κ3) is 3.11. The Kier molecular flexibility index (Phi) is 4.51. The Morgan fingerprint density at radius 2 is 1.88 bits per heavy atom. The molecule has 0 unspecified atom stereocenters. The van der Waals surface area contributed by atoms with Gasteiger partial charge >= 0.3 is 0 Å². The Balaban J connectivity index is 1.75. The van der Waals surface area contributed by atoms with Crippen molar-refractivity contribution in [3.05, 3.63) is 54.1 Å². The van der Waals surface area contributed by atoms with Gasteiger partial charge in [0.25, 0.3) is 0 Å².